The largest absolute Gasteiger partial charge is 0.337 e. The molecule has 1 unspecified atom stereocenters. The molecule has 1 amide bonds. The number of nitrogens with one attached hydrogen (secondary N) is 1. The number of carbonyl (C=O) groups excluding carboxylic acids is 1. The van der Waals surface area contributed by atoms with Crippen LogP contribution in [0.2, 0.25) is 0 Å². The second kappa shape index (κ2) is 4.94. The molecule has 0 aromatic rings. The third kappa shape index (κ3) is 2.69. The van der Waals surface area contributed by atoms with Crippen molar-refractivity contribution < 1.29 is 4.79 Å². The van der Waals surface area contributed by atoms with Gasteiger partial charge in [0.2, 0.25) is 5.91 Å². The maximum absolute atomic E-state index is 11.9. The van der Waals surface area contributed by atoms with Crippen molar-refractivity contribution in [2.24, 2.45) is 0 Å². The highest BCUT2D eigenvalue weighted by molar-refractivity contribution is 5.78. The summed E-state index contributed by atoms with van der Waals surface area (Å²) in [6.07, 6.45) is 3.49. The van der Waals surface area contributed by atoms with Gasteiger partial charge in [0, 0.05) is 19.1 Å². The predicted molar refractivity (Wildman–Crippen MR) is 59.7 cm³/mol. The Bertz CT molecular complexity index is 232. The summed E-state index contributed by atoms with van der Waals surface area (Å²) >= 11 is 0. The molecule has 1 atom stereocenters. The number of piperidine rings is 1. The zero-order valence-electron chi connectivity index (χ0n) is 9.54. The minimum absolute atomic E-state index is 0.285. The van der Waals surface area contributed by atoms with Crippen LogP contribution >= 0.6 is 0 Å². The summed E-state index contributed by atoms with van der Waals surface area (Å²) in [5, 5.41) is 3.17. The first-order valence-corrected chi connectivity index (χ1v) is 5.96. The van der Waals surface area contributed by atoms with Crippen molar-refractivity contribution in [2.75, 3.05) is 39.8 Å². The van der Waals surface area contributed by atoms with Gasteiger partial charge in [-0.2, -0.15) is 0 Å². The van der Waals surface area contributed by atoms with Gasteiger partial charge < -0.3 is 15.1 Å². The Balaban J connectivity index is 1.97. The molecule has 0 aromatic carbocycles. The quantitative estimate of drug-likeness (QED) is 0.658. The number of rotatable bonds is 1. The van der Waals surface area contributed by atoms with Crippen LogP contribution in [0.15, 0.2) is 0 Å². The molecule has 2 fully saturated rings. The van der Waals surface area contributed by atoms with Gasteiger partial charge >= 0.3 is 0 Å². The SMILES string of the molecule is CN1CCCC(N2CCCNCC2=O)C1. The molecule has 2 saturated heterocycles. The number of nitrogens with zero attached hydrogens (tertiary/aromatic N) is 2. The van der Waals surface area contributed by atoms with Crippen molar-refractivity contribution in [2.45, 2.75) is 25.3 Å². The fraction of sp³-hybridized carbons (Fsp3) is 0.909. The van der Waals surface area contributed by atoms with E-state index in [1.54, 1.807) is 0 Å². The maximum atomic E-state index is 11.9. The van der Waals surface area contributed by atoms with E-state index in [1.807, 2.05) is 0 Å². The lowest BCUT2D eigenvalue weighted by molar-refractivity contribution is -0.132. The van der Waals surface area contributed by atoms with E-state index in [0.717, 1.165) is 26.1 Å². The molecule has 0 bridgehead atoms. The molecule has 15 heavy (non-hydrogen) atoms. The van der Waals surface area contributed by atoms with Crippen molar-refractivity contribution in [3.8, 4) is 0 Å². The van der Waals surface area contributed by atoms with E-state index in [4.69, 9.17) is 0 Å². The summed E-state index contributed by atoms with van der Waals surface area (Å²) in [5.41, 5.74) is 0. The third-order valence-corrected chi connectivity index (χ3v) is 3.39. The Morgan fingerprint density at radius 2 is 2.20 bits per heavy atom. The molecule has 4 heteroatoms. The second-order valence-electron chi connectivity index (χ2n) is 4.68. The van der Waals surface area contributed by atoms with E-state index in [0.29, 0.717) is 12.6 Å². The number of amides is 1. The van der Waals surface area contributed by atoms with Crippen LogP contribution in [-0.2, 0) is 4.79 Å². The molecule has 86 valence electrons. The van der Waals surface area contributed by atoms with Crippen LogP contribution in [0, 0.1) is 0 Å². The van der Waals surface area contributed by atoms with Crippen molar-refractivity contribution >= 4 is 5.91 Å². The summed E-state index contributed by atoms with van der Waals surface area (Å²) in [6.45, 7) is 4.66. The van der Waals surface area contributed by atoms with Crippen molar-refractivity contribution in [1.82, 2.24) is 15.1 Å². The normalized spacial score (nSPS) is 30.3. The highest BCUT2D eigenvalue weighted by Crippen LogP contribution is 2.15. The van der Waals surface area contributed by atoms with Gasteiger partial charge in [-0.05, 0) is 39.4 Å². The number of hydrogen-bond acceptors (Lipinski definition) is 3. The molecule has 2 heterocycles. The van der Waals surface area contributed by atoms with E-state index in [2.05, 4.69) is 22.2 Å². The van der Waals surface area contributed by atoms with Gasteiger partial charge in [-0.25, -0.2) is 0 Å². The number of carbonyl (C=O) groups is 1. The van der Waals surface area contributed by atoms with Crippen LogP contribution in [0.1, 0.15) is 19.3 Å². The smallest absolute Gasteiger partial charge is 0.236 e. The van der Waals surface area contributed by atoms with Gasteiger partial charge in [0.15, 0.2) is 0 Å². The first-order valence-electron chi connectivity index (χ1n) is 5.96. The Morgan fingerprint density at radius 3 is 3.00 bits per heavy atom. The minimum atomic E-state index is 0.285. The molecule has 2 rings (SSSR count). The molecule has 4 nitrogen and oxygen atoms in total. The standard InChI is InChI=1S/C11H21N3O/c1-13-6-2-4-10(9-13)14-7-3-5-12-8-11(14)15/h10,12H,2-9H2,1H3. The molecular formula is C11H21N3O. The number of likely N-dealkylation sites (tertiary alicyclic amines) is 1. The van der Waals surface area contributed by atoms with E-state index in [1.165, 1.54) is 19.4 Å². The molecule has 2 aliphatic heterocycles. The van der Waals surface area contributed by atoms with Crippen LogP contribution in [-0.4, -0.2) is 61.5 Å². The fourth-order valence-electron chi connectivity index (χ4n) is 2.58. The van der Waals surface area contributed by atoms with Crippen molar-refractivity contribution in [1.29, 1.82) is 0 Å². The lowest BCUT2D eigenvalue weighted by atomic mass is 10.0. The third-order valence-electron chi connectivity index (χ3n) is 3.39. The Kier molecular flexibility index (Phi) is 3.59. The van der Waals surface area contributed by atoms with Gasteiger partial charge in [0.05, 0.1) is 6.54 Å². The highest BCUT2D eigenvalue weighted by atomic mass is 16.2. The van der Waals surface area contributed by atoms with Crippen molar-refractivity contribution in [3.63, 3.8) is 0 Å². The molecule has 0 aromatic heterocycles. The molecule has 0 aliphatic carbocycles. The van der Waals surface area contributed by atoms with E-state index >= 15 is 0 Å². The molecule has 0 radical (unpaired) electrons. The van der Waals surface area contributed by atoms with Gasteiger partial charge in [-0.15, -0.1) is 0 Å². The summed E-state index contributed by atoms with van der Waals surface area (Å²) < 4.78 is 0. The van der Waals surface area contributed by atoms with Crippen LogP contribution in [0.4, 0.5) is 0 Å². The summed E-state index contributed by atoms with van der Waals surface area (Å²) in [6, 6.07) is 0.455. The summed E-state index contributed by atoms with van der Waals surface area (Å²) in [5.74, 6) is 0.285. The van der Waals surface area contributed by atoms with Crippen LogP contribution in [0.25, 0.3) is 0 Å². The first-order chi connectivity index (χ1) is 7.27. The summed E-state index contributed by atoms with van der Waals surface area (Å²) in [4.78, 5) is 16.3. The Labute approximate surface area is 91.6 Å². The van der Waals surface area contributed by atoms with Gasteiger partial charge in [-0.1, -0.05) is 0 Å². The van der Waals surface area contributed by atoms with Crippen LogP contribution in [0.5, 0.6) is 0 Å². The maximum Gasteiger partial charge on any atom is 0.236 e. The fourth-order valence-corrected chi connectivity index (χ4v) is 2.58. The van der Waals surface area contributed by atoms with E-state index < -0.39 is 0 Å². The molecule has 0 saturated carbocycles. The topological polar surface area (TPSA) is 35.6 Å². The minimum Gasteiger partial charge on any atom is -0.337 e. The average molecular weight is 211 g/mol. The average Bonchev–Trinajstić information content (AvgIpc) is 2.43. The molecule has 0 spiro atoms. The van der Waals surface area contributed by atoms with Crippen LogP contribution in [0.3, 0.4) is 0 Å². The lowest BCUT2D eigenvalue weighted by Crippen LogP contribution is -2.50. The monoisotopic (exact) mass is 211 g/mol. The van der Waals surface area contributed by atoms with Crippen molar-refractivity contribution in [3.05, 3.63) is 0 Å². The van der Waals surface area contributed by atoms with Gasteiger partial charge in [-0.3, -0.25) is 4.79 Å². The Hall–Kier alpha value is -0.610. The molecular weight excluding hydrogens is 190 g/mol. The first kappa shape index (κ1) is 10.9. The zero-order valence-corrected chi connectivity index (χ0v) is 9.54. The van der Waals surface area contributed by atoms with Crippen LogP contribution < -0.4 is 5.32 Å². The molecule has 2 aliphatic rings. The Morgan fingerprint density at radius 1 is 1.33 bits per heavy atom. The number of likely N-dealkylation sites (N-methyl/N-ethyl adjacent to an activating group) is 1. The lowest BCUT2D eigenvalue weighted by Gasteiger charge is -2.37. The highest BCUT2D eigenvalue weighted by Gasteiger charge is 2.27. The number of hydrogen-bond donors (Lipinski definition) is 1. The van der Waals surface area contributed by atoms with Gasteiger partial charge in [0.1, 0.15) is 0 Å². The zero-order chi connectivity index (χ0) is 10.7. The predicted octanol–water partition coefficient (Wildman–Crippen LogP) is -0.0975. The van der Waals surface area contributed by atoms with Gasteiger partial charge in [0.25, 0.3) is 0 Å². The summed E-state index contributed by atoms with van der Waals surface area (Å²) in [7, 11) is 2.15. The van der Waals surface area contributed by atoms with E-state index in [-0.39, 0.29) is 5.91 Å². The second-order valence-corrected chi connectivity index (χ2v) is 4.68. The van der Waals surface area contributed by atoms with E-state index in [9.17, 15) is 4.79 Å². The molecule has 1 N–H and O–H groups in total.